The van der Waals surface area contributed by atoms with Gasteiger partial charge in [-0.1, -0.05) is 6.58 Å². The standard InChI is InChI=1S/C27H33F5O4/c1-16(2)26(34)35-13-3-4-24(33)36-21-11-9-18(10-12-21)17-5-7-19(8-6-17)20-14-22(28)25(23(29)15-20)27(30,31)32/h14-15,17-19,21H,1,3-13H2,2H3. The lowest BCUT2D eigenvalue weighted by Crippen LogP contribution is -2.29. The summed E-state index contributed by atoms with van der Waals surface area (Å²) in [6.07, 6.45) is 1.85. The van der Waals surface area contributed by atoms with Crippen molar-refractivity contribution in [3.63, 3.8) is 0 Å². The quantitative estimate of drug-likeness (QED) is 0.158. The molecule has 0 spiro atoms. The van der Waals surface area contributed by atoms with Crippen LogP contribution in [0.15, 0.2) is 24.3 Å². The SMILES string of the molecule is C=C(C)C(=O)OCCCC(=O)OC1CCC(C2CCC(c3cc(F)c(C(F)(F)F)c(F)c3)CC2)CC1. The van der Waals surface area contributed by atoms with Crippen LogP contribution in [-0.4, -0.2) is 24.6 Å². The van der Waals surface area contributed by atoms with Gasteiger partial charge in [0.2, 0.25) is 0 Å². The summed E-state index contributed by atoms with van der Waals surface area (Å²) in [5.74, 6) is -3.12. The van der Waals surface area contributed by atoms with E-state index in [0.717, 1.165) is 50.7 Å². The molecule has 0 saturated heterocycles. The Labute approximate surface area is 208 Å². The van der Waals surface area contributed by atoms with Crippen molar-refractivity contribution in [3.05, 3.63) is 47.0 Å². The highest BCUT2D eigenvalue weighted by molar-refractivity contribution is 5.86. The molecule has 2 fully saturated rings. The van der Waals surface area contributed by atoms with Crippen LogP contribution in [0.2, 0.25) is 0 Å². The summed E-state index contributed by atoms with van der Waals surface area (Å²) in [7, 11) is 0. The van der Waals surface area contributed by atoms with Gasteiger partial charge in [-0.15, -0.1) is 0 Å². The van der Waals surface area contributed by atoms with E-state index in [1.54, 1.807) is 6.92 Å². The van der Waals surface area contributed by atoms with E-state index in [9.17, 15) is 31.5 Å². The lowest BCUT2D eigenvalue weighted by atomic mass is 9.69. The van der Waals surface area contributed by atoms with Crippen molar-refractivity contribution in [2.75, 3.05) is 6.61 Å². The van der Waals surface area contributed by atoms with Gasteiger partial charge in [-0.3, -0.25) is 4.79 Å². The van der Waals surface area contributed by atoms with Gasteiger partial charge < -0.3 is 9.47 Å². The van der Waals surface area contributed by atoms with E-state index in [1.807, 2.05) is 0 Å². The predicted molar refractivity (Wildman–Crippen MR) is 123 cm³/mol. The number of rotatable bonds is 8. The van der Waals surface area contributed by atoms with Crippen LogP contribution in [0.25, 0.3) is 0 Å². The van der Waals surface area contributed by atoms with E-state index in [-0.39, 0.29) is 31.0 Å². The van der Waals surface area contributed by atoms with Gasteiger partial charge in [0, 0.05) is 12.0 Å². The van der Waals surface area contributed by atoms with Gasteiger partial charge in [0.05, 0.1) is 6.61 Å². The molecule has 0 radical (unpaired) electrons. The molecule has 2 aliphatic carbocycles. The molecule has 4 nitrogen and oxygen atoms in total. The molecule has 0 amide bonds. The Morgan fingerprint density at radius 1 is 0.944 bits per heavy atom. The normalized spacial score (nSPS) is 24.7. The Kier molecular flexibility index (Phi) is 9.53. The fourth-order valence-corrected chi connectivity index (χ4v) is 5.45. The van der Waals surface area contributed by atoms with Crippen molar-refractivity contribution < 1.29 is 41.0 Å². The van der Waals surface area contributed by atoms with E-state index in [1.165, 1.54) is 0 Å². The largest absolute Gasteiger partial charge is 0.462 e. The molecule has 0 aromatic heterocycles. The van der Waals surface area contributed by atoms with E-state index < -0.39 is 29.3 Å². The van der Waals surface area contributed by atoms with Crippen LogP contribution in [0.4, 0.5) is 22.0 Å². The van der Waals surface area contributed by atoms with Gasteiger partial charge >= 0.3 is 18.1 Å². The number of alkyl halides is 3. The fraction of sp³-hybridized carbons (Fsp3) is 0.630. The van der Waals surface area contributed by atoms with Crippen LogP contribution in [0, 0.1) is 23.5 Å². The molecule has 0 unspecified atom stereocenters. The molecule has 0 atom stereocenters. The molecular weight excluding hydrogens is 483 g/mol. The zero-order valence-electron chi connectivity index (χ0n) is 20.5. The van der Waals surface area contributed by atoms with Crippen molar-refractivity contribution in [1.29, 1.82) is 0 Å². The second-order valence-electron chi connectivity index (χ2n) is 10.0. The summed E-state index contributed by atoms with van der Waals surface area (Å²) in [6.45, 7) is 5.19. The first kappa shape index (κ1) is 28.1. The summed E-state index contributed by atoms with van der Waals surface area (Å²) >= 11 is 0. The summed E-state index contributed by atoms with van der Waals surface area (Å²) in [5.41, 5.74) is -1.23. The molecular formula is C27H33F5O4. The highest BCUT2D eigenvalue weighted by Crippen LogP contribution is 2.44. The number of benzene rings is 1. The lowest BCUT2D eigenvalue weighted by Gasteiger charge is -2.37. The molecule has 200 valence electrons. The maximum Gasteiger partial charge on any atom is 0.422 e. The van der Waals surface area contributed by atoms with Crippen LogP contribution in [0.1, 0.15) is 88.2 Å². The van der Waals surface area contributed by atoms with Crippen LogP contribution in [-0.2, 0) is 25.2 Å². The number of esters is 2. The molecule has 0 aliphatic heterocycles. The predicted octanol–water partition coefficient (Wildman–Crippen LogP) is 7.26. The fourth-order valence-electron chi connectivity index (χ4n) is 5.45. The van der Waals surface area contributed by atoms with Gasteiger partial charge in [0.15, 0.2) is 0 Å². The summed E-state index contributed by atoms with van der Waals surface area (Å²) in [4.78, 5) is 23.4. The van der Waals surface area contributed by atoms with Gasteiger partial charge in [-0.25, -0.2) is 13.6 Å². The number of carbonyl (C=O) groups excluding carboxylic acids is 2. The molecule has 1 aromatic carbocycles. The molecule has 2 aliphatic rings. The maximum atomic E-state index is 14.0. The van der Waals surface area contributed by atoms with E-state index in [4.69, 9.17) is 9.47 Å². The average Bonchev–Trinajstić information content (AvgIpc) is 2.81. The molecule has 0 N–H and O–H groups in total. The highest BCUT2D eigenvalue weighted by atomic mass is 19.4. The maximum absolute atomic E-state index is 14.0. The second-order valence-corrected chi connectivity index (χ2v) is 10.0. The Bertz CT molecular complexity index is 919. The molecule has 1 aromatic rings. The zero-order valence-corrected chi connectivity index (χ0v) is 20.5. The van der Waals surface area contributed by atoms with E-state index in [2.05, 4.69) is 6.58 Å². The minimum Gasteiger partial charge on any atom is -0.462 e. The molecule has 3 rings (SSSR count). The van der Waals surface area contributed by atoms with Crippen molar-refractivity contribution >= 4 is 11.9 Å². The smallest absolute Gasteiger partial charge is 0.422 e. The molecule has 2 saturated carbocycles. The third-order valence-electron chi connectivity index (χ3n) is 7.38. The summed E-state index contributed by atoms with van der Waals surface area (Å²) < 4.78 is 77.0. The molecule has 9 heteroatoms. The van der Waals surface area contributed by atoms with E-state index in [0.29, 0.717) is 42.2 Å². The number of carbonyl (C=O) groups is 2. The van der Waals surface area contributed by atoms with Crippen molar-refractivity contribution in [3.8, 4) is 0 Å². The average molecular weight is 517 g/mol. The molecule has 36 heavy (non-hydrogen) atoms. The number of halogens is 5. The second kappa shape index (κ2) is 12.2. The van der Waals surface area contributed by atoms with Gasteiger partial charge in [-0.05, 0) is 100 Å². The van der Waals surface area contributed by atoms with Gasteiger partial charge in [-0.2, -0.15) is 13.2 Å². The van der Waals surface area contributed by atoms with Crippen molar-refractivity contribution in [2.24, 2.45) is 11.8 Å². The lowest BCUT2D eigenvalue weighted by molar-refractivity contribution is -0.152. The first-order chi connectivity index (χ1) is 17.0. The van der Waals surface area contributed by atoms with Gasteiger partial charge in [0.1, 0.15) is 23.3 Å². The van der Waals surface area contributed by atoms with Crippen LogP contribution >= 0.6 is 0 Å². The number of hydrogen-bond acceptors (Lipinski definition) is 4. The zero-order chi connectivity index (χ0) is 26.5. The van der Waals surface area contributed by atoms with Crippen LogP contribution in [0.3, 0.4) is 0 Å². The summed E-state index contributed by atoms with van der Waals surface area (Å²) in [6, 6.07) is 1.67. The minimum atomic E-state index is -5.06. The monoisotopic (exact) mass is 516 g/mol. The van der Waals surface area contributed by atoms with Crippen LogP contribution in [0.5, 0.6) is 0 Å². The Morgan fingerprint density at radius 3 is 1.97 bits per heavy atom. The third-order valence-corrected chi connectivity index (χ3v) is 7.38. The molecule has 0 heterocycles. The Morgan fingerprint density at radius 2 is 1.47 bits per heavy atom. The Hall–Kier alpha value is -2.45. The van der Waals surface area contributed by atoms with Crippen molar-refractivity contribution in [2.45, 2.75) is 89.3 Å². The van der Waals surface area contributed by atoms with Crippen molar-refractivity contribution in [1.82, 2.24) is 0 Å². The first-order valence-electron chi connectivity index (χ1n) is 12.5. The third kappa shape index (κ3) is 7.53. The first-order valence-corrected chi connectivity index (χ1v) is 12.5. The number of ether oxygens (including phenoxy) is 2. The van der Waals surface area contributed by atoms with E-state index >= 15 is 0 Å². The summed E-state index contributed by atoms with van der Waals surface area (Å²) in [5, 5.41) is 0. The topological polar surface area (TPSA) is 52.6 Å². The highest BCUT2D eigenvalue weighted by Gasteiger charge is 2.39. The minimum absolute atomic E-state index is 0.124. The van der Waals surface area contributed by atoms with Crippen LogP contribution < -0.4 is 0 Å². The number of hydrogen-bond donors (Lipinski definition) is 0. The van der Waals surface area contributed by atoms with Gasteiger partial charge in [0.25, 0.3) is 0 Å². The molecule has 0 bridgehead atoms. The Balaban J connectivity index is 1.39.